The van der Waals surface area contributed by atoms with Crippen LogP contribution in [0.25, 0.3) is 0 Å². The number of nitrogens with two attached hydrogens (primary N) is 1. The van der Waals surface area contributed by atoms with Gasteiger partial charge in [-0.15, -0.1) is 0 Å². The molecule has 0 aliphatic carbocycles. The molecule has 0 spiro atoms. The van der Waals surface area contributed by atoms with Crippen molar-refractivity contribution in [2.45, 2.75) is 25.2 Å². The topological polar surface area (TPSA) is 63.4 Å². The molecule has 0 bridgehead atoms. The van der Waals surface area contributed by atoms with Crippen LogP contribution in [0.1, 0.15) is 20.3 Å². The summed E-state index contributed by atoms with van der Waals surface area (Å²) in [6, 6.07) is 4.47. The number of nitrogens with zero attached hydrogens (tertiary/aromatic N) is 1. The lowest BCUT2D eigenvalue weighted by atomic mass is 9.90. The van der Waals surface area contributed by atoms with Crippen molar-refractivity contribution in [2.24, 2.45) is 11.8 Å². The first kappa shape index (κ1) is 14.6. The molecule has 0 saturated carbocycles. The summed E-state index contributed by atoms with van der Waals surface area (Å²) in [7, 11) is -3.46. The number of rotatable bonds is 2. The summed E-state index contributed by atoms with van der Waals surface area (Å²) < 4.78 is 26.6. The number of hydrogen-bond donors (Lipinski definition) is 1. The van der Waals surface area contributed by atoms with Gasteiger partial charge in [-0.3, -0.25) is 0 Å². The van der Waals surface area contributed by atoms with Crippen molar-refractivity contribution in [1.82, 2.24) is 4.31 Å². The maximum absolute atomic E-state index is 12.5. The molecule has 1 fully saturated rings. The van der Waals surface area contributed by atoms with E-state index in [-0.39, 0.29) is 4.90 Å². The normalized spacial score (nSPS) is 25.4. The van der Waals surface area contributed by atoms with Crippen LogP contribution in [-0.2, 0) is 10.0 Å². The van der Waals surface area contributed by atoms with Crippen molar-refractivity contribution < 1.29 is 8.42 Å². The Balaban J connectivity index is 2.29. The molecule has 2 unspecified atom stereocenters. The zero-order chi connectivity index (χ0) is 14.2. The summed E-state index contributed by atoms with van der Waals surface area (Å²) in [6.45, 7) is 5.37. The highest BCUT2D eigenvalue weighted by Gasteiger charge is 2.31. The Hall–Kier alpha value is -0.780. The van der Waals surface area contributed by atoms with Crippen LogP contribution >= 0.6 is 11.6 Å². The molecule has 2 rings (SSSR count). The molecule has 1 aliphatic heterocycles. The van der Waals surface area contributed by atoms with Gasteiger partial charge in [-0.2, -0.15) is 4.31 Å². The van der Waals surface area contributed by atoms with E-state index in [2.05, 4.69) is 13.8 Å². The molecule has 1 heterocycles. The van der Waals surface area contributed by atoms with E-state index >= 15 is 0 Å². The average Bonchev–Trinajstić information content (AvgIpc) is 2.35. The standard InChI is InChI=1S/C13H19ClN2O2S/c1-9-5-6-16(8-10(9)2)19(17,18)11-3-4-12(14)13(15)7-11/h3-4,7,9-10H,5-6,8,15H2,1-2H3. The molecule has 2 atom stereocenters. The quantitative estimate of drug-likeness (QED) is 0.854. The molecule has 4 nitrogen and oxygen atoms in total. The van der Waals surface area contributed by atoms with Gasteiger partial charge >= 0.3 is 0 Å². The van der Waals surface area contributed by atoms with Crippen LogP contribution in [0.4, 0.5) is 5.69 Å². The van der Waals surface area contributed by atoms with Gasteiger partial charge in [0, 0.05) is 13.1 Å². The second kappa shape index (κ2) is 5.31. The molecular weight excluding hydrogens is 284 g/mol. The van der Waals surface area contributed by atoms with E-state index < -0.39 is 10.0 Å². The zero-order valence-electron chi connectivity index (χ0n) is 11.1. The van der Waals surface area contributed by atoms with Gasteiger partial charge in [-0.25, -0.2) is 8.42 Å². The highest BCUT2D eigenvalue weighted by molar-refractivity contribution is 7.89. The Morgan fingerprint density at radius 2 is 2.00 bits per heavy atom. The highest BCUT2D eigenvalue weighted by atomic mass is 35.5. The van der Waals surface area contributed by atoms with Gasteiger partial charge in [0.1, 0.15) is 0 Å². The fourth-order valence-electron chi connectivity index (χ4n) is 2.27. The van der Waals surface area contributed by atoms with Crippen molar-refractivity contribution in [3.63, 3.8) is 0 Å². The molecule has 0 aromatic heterocycles. The summed E-state index contributed by atoms with van der Waals surface area (Å²) in [4.78, 5) is 0.219. The largest absolute Gasteiger partial charge is 0.397 e. The van der Waals surface area contributed by atoms with Crippen LogP contribution in [0.3, 0.4) is 0 Å². The lowest BCUT2D eigenvalue weighted by molar-refractivity contribution is 0.212. The van der Waals surface area contributed by atoms with Crippen LogP contribution in [0.2, 0.25) is 5.02 Å². The molecule has 1 aromatic carbocycles. The van der Waals surface area contributed by atoms with E-state index in [0.29, 0.717) is 35.6 Å². The molecule has 0 amide bonds. The van der Waals surface area contributed by atoms with Crippen LogP contribution < -0.4 is 5.73 Å². The third-order valence-electron chi connectivity index (χ3n) is 3.90. The van der Waals surface area contributed by atoms with Gasteiger partial charge in [-0.05, 0) is 36.5 Å². The zero-order valence-corrected chi connectivity index (χ0v) is 12.7. The Kier molecular flexibility index (Phi) is 4.08. The molecular formula is C13H19ClN2O2S. The minimum atomic E-state index is -3.46. The number of anilines is 1. The van der Waals surface area contributed by atoms with E-state index in [4.69, 9.17) is 17.3 Å². The molecule has 0 radical (unpaired) electrons. The number of piperidine rings is 1. The Morgan fingerprint density at radius 1 is 1.32 bits per heavy atom. The van der Waals surface area contributed by atoms with E-state index in [1.807, 2.05) is 0 Å². The first-order valence-corrected chi connectivity index (χ1v) is 8.19. The van der Waals surface area contributed by atoms with Crippen molar-refractivity contribution >= 4 is 27.3 Å². The maximum Gasteiger partial charge on any atom is 0.243 e. The molecule has 2 N–H and O–H groups in total. The second-order valence-corrected chi connectivity index (χ2v) is 7.63. The molecule has 19 heavy (non-hydrogen) atoms. The fourth-order valence-corrected chi connectivity index (χ4v) is 3.98. The molecule has 1 aromatic rings. The lowest BCUT2D eigenvalue weighted by Gasteiger charge is -2.34. The van der Waals surface area contributed by atoms with Crippen molar-refractivity contribution in [3.05, 3.63) is 23.2 Å². The van der Waals surface area contributed by atoms with Gasteiger partial charge in [-0.1, -0.05) is 25.4 Å². The number of sulfonamides is 1. The maximum atomic E-state index is 12.5. The van der Waals surface area contributed by atoms with Crippen molar-refractivity contribution in [3.8, 4) is 0 Å². The summed E-state index contributed by atoms with van der Waals surface area (Å²) in [5.74, 6) is 0.926. The monoisotopic (exact) mass is 302 g/mol. The number of halogens is 1. The smallest absolute Gasteiger partial charge is 0.243 e. The van der Waals surface area contributed by atoms with Crippen LogP contribution in [0, 0.1) is 11.8 Å². The van der Waals surface area contributed by atoms with Gasteiger partial charge in [0.2, 0.25) is 10.0 Å². The number of nitrogen functional groups attached to an aromatic ring is 1. The van der Waals surface area contributed by atoms with Crippen LogP contribution in [0.15, 0.2) is 23.1 Å². The van der Waals surface area contributed by atoms with Crippen LogP contribution in [0.5, 0.6) is 0 Å². The molecule has 1 saturated heterocycles. The van der Waals surface area contributed by atoms with Gasteiger partial charge in [0.25, 0.3) is 0 Å². The average molecular weight is 303 g/mol. The molecule has 1 aliphatic rings. The third-order valence-corrected chi connectivity index (χ3v) is 6.11. The van der Waals surface area contributed by atoms with E-state index in [1.54, 1.807) is 4.31 Å². The highest BCUT2D eigenvalue weighted by Crippen LogP contribution is 2.29. The van der Waals surface area contributed by atoms with Gasteiger partial charge < -0.3 is 5.73 Å². The minimum Gasteiger partial charge on any atom is -0.397 e. The second-order valence-electron chi connectivity index (χ2n) is 5.29. The first-order valence-electron chi connectivity index (χ1n) is 6.37. The predicted molar refractivity (Wildman–Crippen MR) is 77.6 cm³/mol. The minimum absolute atomic E-state index is 0.219. The van der Waals surface area contributed by atoms with E-state index in [9.17, 15) is 8.42 Å². The third kappa shape index (κ3) is 2.88. The summed E-state index contributed by atoms with van der Waals surface area (Å²) in [5, 5.41) is 0.375. The Morgan fingerprint density at radius 3 is 2.58 bits per heavy atom. The number of benzene rings is 1. The summed E-state index contributed by atoms with van der Waals surface area (Å²) in [6.07, 6.45) is 0.892. The van der Waals surface area contributed by atoms with Gasteiger partial charge in [0.05, 0.1) is 15.6 Å². The Bertz CT molecular complexity index is 574. The molecule has 106 valence electrons. The Labute approximate surface area is 119 Å². The SMILES string of the molecule is CC1CCN(S(=O)(=O)c2ccc(Cl)c(N)c2)CC1C. The first-order chi connectivity index (χ1) is 8.82. The van der Waals surface area contributed by atoms with Gasteiger partial charge in [0.15, 0.2) is 0 Å². The van der Waals surface area contributed by atoms with E-state index in [1.165, 1.54) is 18.2 Å². The van der Waals surface area contributed by atoms with Crippen molar-refractivity contribution in [2.75, 3.05) is 18.8 Å². The summed E-state index contributed by atoms with van der Waals surface area (Å²) >= 11 is 5.83. The predicted octanol–water partition coefficient (Wildman–Crippen LogP) is 2.59. The molecule has 6 heteroatoms. The van der Waals surface area contributed by atoms with E-state index in [0.717, 1.165) is 6.42 Å². The van der Waals surface area contributed by atoms with Crippen molar-refractivity contribution in [1.29, 1.82) is 0 Å². The fraction of sp³-hybridized carbons (Fsp3) is 0.538. The lowest BCUT2D eigenvalue weighted by Crippen LogP contribution is -2.42. The summed E-state index contributed by atoms with van der Waals surface area (Å²) in [5.41, 5.74) is 5.97. The number of hydrogen-bond acceptors (Lipinski definition) is 3. The van der Waals surface area contributed by atoms with Crippen LogP contribution in [-0.4, -0.2) is 25.8 Å².